The highest BCUT2D eigenvalue weighted by Gasteiger charge is 2.17. The van der Waals surface area contributed by atoms with Crippen LogP contribution < -0.4 is 14.8 Å². The van der Waals surface area contributed by atoms with E-state index in [9.17, 15) is 0 Å². The van der Waals surface area contributed by atoms with Gasteiger partial charge in [0.15, 0.2) is 11.5 Å². The fourth-order valence-electron chi connectivity index (χ4n) is 1.74. The second-order valence-corrected chi connectivity index (χ2v) is 5.06. The van der Waals surface area contributed by atoms with Crippen molar-refractivity contribution in [2.75, 3.05) is 33.1 Å². The van der Waals surface area contributed by atoms with Gasteiger partial charge in [-0.15, -0.1) is 0 Å². The van der Waals surface area contributed by atoms with Gasteiger partial charge in [0.25, 0.3) is 0 Å². The van der Waals surface area contributed by atoms with E-state index in [0.29, 0.717) is 0 Å². The highest BCUT2D eigenvalue weighted by Crippen LogP contribution is 2.31. The Balaban J connectivity index is 1.93. The van der Waals surface area contributed by atoms with E-state index in [2.05, 4.69) is 10.3 Å². The van der Waals surface area contributed by atoms with Crippen molar-refractivity contribution in [2.45, 2.75) is 5.75 Å². The van der Waals surface area contributed by atoms with Crippen LogP contribution >= 0.6 is 11.8 Å². The molecule has 0 spiro atoms. The Kier molecular flexibility index (Phi) is 4.50. The average molecular weight is 254 g/mol. The lowest BCUT2D eigenvalue weighted by Gasteiger charge is -2.26. The van der Waals surface area contributed by atoms with Gasteiger partial charge >= 0.3 is 0 Å². The Bertz CT molecular complexity index is 370. The largest absolute Gasteiger partial charge is 0.493 e. The zero-order valence-corrected chi connectivity index (χ0v) is 11.0. The van der Waals surface area contributed by atoms with Gasteiger partial charge in [-0.2, -0.15) is 11.8 Å². The summed E-state index contributed by atoms with van der Waals surface area (Å²) in [6.45, 7) is 2.30. The van der Waals surface area contributed by atoms with Gasteiger partial charge in [0.2, 0.25) is 0 Å². The monoisotopic (exact) mass is 254 g/mol. The molecule has 2 rings (SSSR count). The van der Waals surface area contributed by atoms with Crippen molar-refractivity contribution in [1.82, 2.24) is 10.3 Å². The standard InChI is InChI=1S/C12H18N2O2S/c1-15-11-3-4-14-10(12(11)16-2)8-17-7-9-5-13-6-9/h3-4,9,13H,5-8H2,1-2H3. The zero-order valence-electron chi connectivity index (χ0n) is 10.2. The smallest absolute Gasteiger partial charge is 0.183 e. The van der Waals surface area contributed by atoms with Crippen LogP contribution in [-0.4, -0.2) is 38.0 Å². The summed E-state index contributed by atoms with van der Waals surface area (Å²) in [6.07, 6.45) is 1.77. The van der Waals surface area contributed by atoms with Crippen LogP contribution in [0, 0.1) is 5.92 Å². The number of hydrogen-bond acceptors (Lipinski definition) is 5. The summed E-state index contributed by atoms with van der Waals surface area (Å²) in [5, 5.41) is 3.28. The SMILES string of the molecule is COc1ccnc(CSCC2CNC2)c1OC. The molecule has 2 heterocycles. The molecule has 1 N–H and O–H groups in total. The number of aromatic nitrogens is 1. The first-order valence-electron chi connectivity index (χ1n) is 5.69. The molecule has 0 aromatic carbocycles. The van der Waals surface area contributed by atoms with E-state index < -0.39 is 0 Å². The molecule has 4 nitrogen and oxygen atoms in total. The van der Waals surface area contributed by atoms with Crippen LogP contribution in [0.5, 0.6) is 11.5 Å². The minimum atomic E-state index is 0.753. The van der Waals surface area contributed by atoms with Gasteiger partial charge in [-0.25, -0.2) is 0 Å². The van der Waals surface area contributed by atoms with Crippen molar-refractivity contribution in [1.29, 1.82) is 0 Å². The predicted octanol–water partition coefficient (Wildman–Crippen LogP) is 1.55. The van der Waals surface area contributed by atoms with E-state index in [-0.39, 0.29) is 0 Å². The lowest BCUT2D eigenvalue weighted by atomic mass is 10.1. The van der Waals surface area contributed by atoms with E-state index in [1.54, 1.807) is 20.4 Å². The third-order valence-electron chi connectivity index (χ3n) is 2.82. The molecule has 17 heavy (non-hydrogen) atoms. The highest BCUT2D eigenvalue weighted by molar-refractivity contribution is 7.98. The maximum atomic E-state index is 5.35. The summed E-state index contributed by atoms with van der Waals surface area (Å²) in [4.78, 5) is 4.36. The Morgan fingerprint density at radius 2 is 2.24 bits per heavy atom. The number of pyridine rings is 1. The number of nitrogens with one attached hydrogen (secondary N) is 1. The first kappa shape index (κ1) is 12.5. The van der Waals surface area contributed by atoms with Crippen molar-refractivity contribution in [3.05, 3.63) is 18.0 Å². The van der Waals surface area contributed by atoms with Crippen LogP contribution in [0.25, 0.3) is 0 Å². The van der Waals surface area contributed by atoms with Crippen LogP contribution in [0.3, 0.4) is 0 Å². The molecule has 5 heteroatoms. The zero-order chi connectivity index (χ0) is 12.1. The first-order valence-corrected chi connectivity index (χ1v) is 6.85. The molecule has 0 atom stereocenters. The van der Waals surface area contributed by atoms with Gasteiger partial charge in [0, 0.05) is 18.0 Å². The number of nitrogens with zero attached hydrogens (tertiary/aromatic N) is 1. The van der Waals surface area contributed by atoms with Crippen molar-refractivity contribution < 1.29 is 9.47 Å². The van der Waals surface area contributed by atoms with Gasteiger partial charge in [-0.3, -0.25) is 4.98 Å². The van der Waals surface area contributed by atoms with Crippen LogP contribution in [0.1, 0.15) is 5.69 Å². The minimum absolute atomic E-state index is 0.753. The number of methoxy groups -OCH3 is 2. The fraction of sp³-hybridized carbons (Fsp3) is 0.583. The first-order chi connectivity index (χ1) is 8.35. The molecule has 1 saturated heterocycles. The van der Waals surface area contributed by atoms with Crippen LogP contribution in [0.15, 0.2) is 12.3 Å². The van der Waals surface area contributed by atoms with Crippen molar-refractivity contribution in [2.24, 2.45) is 5.92 Å². The molecular weight excluding hydrogens is 236 g/mol. The van der Waals surface area contributed by atoms with E-state index in [1.165, 1.54) is 5.75 Å². The normalized spacial score (nSPS) is 15.4. The molecular formula is C12H18N2O2S. The maximum Gasteiger partial charge on any atom is 0.183 e. The second-order valence-electron chi connectivity index (χ2n) is 4.03. The molecule has 0 aliphatic carbocycles. The lowest BCUT2D eigenvalue weighted by Crippen LogP contribution is -2.43. The third kappa shape index (κ3) is 3.04. The topological polar surface area (TPSA) is 43.4 Å². The molecule has 0 radical (unpaired) electrons. The Morgan fingerprint density at radius 3 is 2.82 bits per heavy atom. The number of hydrogen-bond donors (Lipinski definition) is 1. The summed E-state index contributed by atoms with van der Waals surface area (Å²) in [7, 11) is 3.30. The quantitative estimate of drug-likeness (QED) is 0.834. The Morgan fingerprint density at radius 1 is 1.41 bits per heavy atom. The molecule has 0 bridgehead atoms. The molecule has 0 saturated carbocycles. The van der Waals surface area contributed by atoms with Gasteiger partial charge in [-0.1, -0.05) is 0 Å². The number of rotatable bonds is 6. The van der Waals surface area contributed by atoms with Crippen LogP contribution in [-0.2, 0) is 5.75 Å². The molecule has 94 valence electrons. The highest BCUT2D eigenvalue weighted by atomic mass is 32.2. The predicted molar refractivity (Wildman–Crippen MR) is 69.9 cm³/mol. The molecule has 0 amide bonds. The van der Waals surface area contributed by atoms with Gasteiger partial charge in [0.1, 0.15) is 0 Å². The van der Waals surface area contributed by atoms with E-state index in [0.717, 1.165) is 42.0 Å². The third-order valence-corrected chi connectivity index (χ3v) is 4.01. The van der Waals surface area contributed by atoms with E-state index in [1.807, 2.05) is 17.8 Å². The minimum Gasteiger partial charge on any atom is -0.493 e. The summed E-state index contributed by atoms with van der Waals surface area (Å²) < 4.78 is 10.6. The molecule has 1 aliphatic heterocycles. The summed E-state index contributed by atoms with van der Waals surface area (Å²) in [5.41, 5.74) is 0.962. The molecule has 1 aliphatic rings. The van der Waals surface area contributed by atoms with Crippen LogP contribution in [0.2, 0.25) is 0 Å². The molecule has 1 aromatic rings. The summed E-state index contributed by atoms with van der Waals surface area (Å²) in [6, 6.07) is 1.82. The van der Waals surface area contributed by atoms with Crippen molar-refractivity contribution >= 4 is 11.8 Å². The van der Waals surface area contributed by atoms with E-state index in [4.69, 9.17) is 9.47 Å². The maximum absolute atomic E-state index is 5.35. The average Bonchev–Trinajstić information content (AvgIpc) is 2.31. The Labute approximate surface area is 106 Å². The van der Waals surface area contributed by atoms with Gasteiger partial charge in [0.05, 0.1) is 19.9 Å². The number of ether oxygens (including phenoxy) is 2. The fourth-order valence-corrected chi connectivity index (χ4v) is 2.83. The molecule has 1 fully saturated rings. The van der Waals surface area contributed by atoms with Crippen LogP contribution in [0.4, 0.5) is 0 Å². The number of thioether (sulfide) groups is 1. The summed E-state index contributed by atoms with van der Waals surface area (Å²) >= 11 is 1.90. The Hall–Kier alpha value is -0.940. The molecule has 0 unspecified atom stereocenters. The summed E-state index contributed by atoms with van der Waals surface area (Å²) in [5.74, 6) is 4.38. The van der Waals surface area contributed by atoms with Gasteiger partial charge < -0.3 is 14.8 Å². The van der Waals surface area contributed by atoms with Gasteiger partial charge in [-0.05, 0) is 24.8 Å². The van der Waals surface area contributed by atoms with Crippen molar-refractivity contribution in [3.63, 3.8) is 0 Å². The van der Waals surface area contributed by atoms with E-state index >= 15 is 0 Å². The second kappa shape index (κ2) is 6.12. The van der Waals surface area contributed by atoms with Crippen molar-refractivity contribution in [3.8, 4) is 11.5 Å². The molecule has 1 aromatic heterocycles. The lowest BCUT2D eigenvalue weighted by molar-refractivity contribution is 0.350.